The van der Waals surface area contributed by atoms with Crippen LogP contribution in [0.4, 0.5) is 11.4 Å². The van der Waals surface area contributed by atoms with Crippen molar-refractivity contribution >= 4 is 27.1 Å². The van der Waals surface area contributed by atoms with Gasteiger partial charge in [0, 0.05) is 12.7 Å². The summed E-state index contributed by atoms with van der Waals surface area (Å²) in [6.07, 6.45) is 6.86. The monoisotopic (exact) mass is 503 g/mol. The lowest BCUT2D eigenvalue weighted by Gasteiger charge is -2.21. The molecule has 2 saturated carbocycles. The number of carbonyl (C=O) groups excluding carboxylic acids is 1. The predicted molar refractivity (Wildman–Crippen MR) is 143 cm³/mol. The van der Waals surface area contributed by atoms with Crippen LogP contribution in [0.2, 0.25) is 0 Å². The molecule has 1 amide bonds. The van der Waals surface area contributed by atoms with E-state index in [1.807, 2.05) is 20.0 Å². The van der Waals surface area contributed by atoms with Crippen LogP contribution in [-0.2, 0) is 9.84 Å². The number of hydrogen-bond acceptors (Lipinski definition) is 5. The van der Waals surface area contributed by atoms with Crippen LogP contribution in [0.5, 0.6) is 0 Å². The molecule has 1 N–H and O–H groups in total. The van der Waals surface area contributed by atoms with E-state index in [0.29, 0.717) is 22.4 Å². The van der Waals surface area contributed by atoms with Gasteiger partial charge in [0.15, 0.2) is 9.84 Å². The first-order valence-corrected chi connectivity index (χ1v) is 14.4. The highest BCUT2D eigenvalue weighted by molar-refractivity contribution is 7.91. The van der Waals surface area contributed by atoms with E-state index in [9.17, 15) is 13.2 Å². The fraction of sp³-hybridized carbons (Fsp3) is 0.379. The van der Waals surface area contributed by atoms with Crippen LogP contribution in [0.3, 0.4) is 0 Å². The Balaban J connectivity index is 1.26. The molecule has 1 aromatic heterocycles. The Hall–Kier alpha value is -3.19. The zero-order chi connectivity index (χ0) is 25.4. The van der Waals surface area contributed by atoms with Crippen molar-refractivity contribution in [3.8, 4) is 0 Å². The average molecular weight is 504 g/mol. The fourth-order valence-electron chi connectivity index (χ4n) is 4.51. The minimum absolute atomic E-state index is 0.0587. The van der Waals surface area contributed by atoms with Gasteiger partial charge in [-0.3, -0.25) is 4.79 Å². The van der Waals surface area contributed by atoms with Gasteiger partial charge >= 0.3 is 0 Å². The van der Waals surface area contributed by atoms with Gasteiger partial charge in [0.1, 0.15) is 5.69 Å². The topological polar surface area (TPSA) is 79.4 Å². The van der Waals surface area contributed by atoms with Crippen molar-refractivity contribution in [2.24, 2.45) is 0 Å². The van der Waals surface area contributed by atoms with Gasteiger partial charge in [0.25, 0.3) is 5.91 Å². The van der Waals surface area contributed by atoms with Gasteiger partial charge < -0.3 is 10.2 Å². The molecule has 2 aliphatic carbocycles. The Morgan fingerprint density at radius 2 is 1.58 bits per heavy atom. The minimum Gasteiger partial charge on any atom is -0.344 e. The van der Waals surface area contributed by atoms with Gasteiger partial charge in [-0.25, -0.2) is 13.4 Å². The van der Waals surface area contributed by atoms with Gasteiger partial charge in [0.2, 0.25) is 0 Å². The highest BCUT2D eigenvalue weighted by atomic mass is 32.2. The maximum atomic E-state index is 12.8. The first-order valence-electron chi connectivity index (χ1n) is 12.7. The molecule has 2 aliphatic rings. The molecule has 5 rings (SSSR count). The van der Waals surface area contributed by atoms with Crippen molar-refractivity contribution < 1.29 is 13.2 Å². The van der Waals surface area contributed by atoms with Gasteiger partial charge in [-0.1, -0.05) is 25.1 Å². The van der Waals surface area contributed by atoms with Crippen molar-refractivity contribution in [1.29, 1.82) is 0 Å². The average Bonchev–Trinajstić information content (AvgIpc) is 3.81. The maximum Gasteiger partial charge on any atom is 0.270 e. The van der Waals surface area contributed by atoms with Crippen molar-refractivity contribution in [3.05, 3.63) is 83.2 Å². The molecule has 2 aromatic carbocycles. The molecule has 0 saturated heterocycles. The van der Waals surface area contributed by atoms with Crippen LogP contribution in [0, 0.1) is 0 Å². The van der Waals surface area contributed by atoms with Crippen LogP contribution in [-0.4, -0.2) is 32.1 Å². The zero-order valence-electron chi connectivity index (χ0n) is 21.1. The molecule has 0 bridgehead atoms. The molecule has 188 valence electrons. The van der Waals surface area contributed by atoms with Crippen LogP contribution in [0.25, 0.3) is 0 Å². The van der Waals surface area contributed by atoms with E-state index in [1.54, 1.807) is 43.5 Å². The first kappa shape index (κ1) is 24.5. The molecule has 2 fully saturated rings. The molecular formula is C29H33N3O3S. The number of amides is 1. The fourth-order valence-corrected chi connectivity index (χ4v) is 5.39. The quantitative estimate of drug-likeness (QED) is 0.394. The largest absolute Gasteiger partial charge is 0.344 e. The van der Waals surface area contributed by atoms with Gasteiger partial charge in [0.05, 0.1) is 28.6 Å². The summed E-state index contributed by atoms with van der Waals surface area (Å²) < 4.78 is 24.1. The Kier molecular flexibility index (Phi) is 6.60. The molecule has 1 atom stereocenters. The summed E-state index contributed by atoms with van der Waals surface area (Å²) >= 11 is 0. The number of hydrogen-bond donors (Lipinski definition) is 1. The Morgan fingerprint density at radius 3 is 2.08 bits per heavy atom. The van der Waals surface area contributed by atoms with Crippen LogP contribution in [0.15, 0.2) is 65.7 Å². The van der Waals surface area contributed by atoms with Crippen molar-refractivity contribution in [1.82, 2.24) is 10.3 Å². The van der Waals surface area contributed by atoms with E-state index in [2.05, 4.69) is 33.4 Å². The number of anilines is 2. The number of benzene rings is 2. The number of carbonyl (C=O) groups is 1. The maximum absolute atomic E-state index is 12.8. The smallest absolute Gasteiger partial charge is 0.270 e. The second-order valence-electron chi connectivity index (χ2n) is 10.0. The summed E-state index contributed by atoms with van der Waals surface area (Å²) in [6, 6.07) is 17.0. The molecule has 3 aromatic rings. The summed E-state index contributed by atoms with van der Waals surface area (Å²) in [7, 11) is -1.20. The third-order valence-electron chi connectivity index (χ3n) is 7.28. The Morgan fingerprint density at radius 1 is 0.972 bits per heavy atom. The lowest BCUT2D eigenvalue weighted by molar-refractivity contribution is 0.0935. The van der Waals surface area contributed by atoms with Gasteiger partial charge in [-0.05, 0) is 97.5 Å². The van der Waals surface area contributed by atoms with E-state index in [-0.39, 0.29) is 17.7 Å². The van der Waals surface area contributed by atoms with E-state index < -0.39 is 9.84 Å². The number of aromatic nitrogens is 1. The number of sulfone groups is 1. The summed E-state index contributed by atoms with van der Waals surface area (Å²) in [4.78, 5) is 19.7. The summed E-state index contributed by atoms with van der Waals surface area (Å²) in [6.45, 7) is 3.49. The molecule has 0 aliphatic heterocycles. The molecule has 1 heterocycles. The SMILES string of the molecule is CCS(=O)(=O)c1ccc([C@H](C)NC(=O)c2ccc(N(C)c3cc(C4CC4)cc(C4CC4)c3)cn2)cc1. The summed E-state index contributed by atoms with van der Waals surface area (Å²) in [5, 5.41) is 2.95. The number of nitrogens with zero attached hydrogens (tertiary/aromatic N) is 2. The lowest BCUT2D eigenvalue weighted by Crippen LogP contribution is -2.27. The molecular weight excluding hydrogens is 470 g/mol. The van der Waals surface area contributed by atoms with Crippen molar-refractivity contribution in [2.45, 2.75) is 62.3 Å². The summed E-state index contributed by atoms with van der Waals surface area (Å²) in [5.41, 5.74) is 6.16. The second kappa shape index (κ2) is 9.69. The molecule has 0 radical (unpaired) electrons. The zero-order valence-corrected chi connectivity index (χ0v) is 21.9. The minimum atomic E-state index is -3.25. The summed E-state index contributed by atoms with van der Waals surface area (Å²) in [5.74, 6) is 1.20. The third kappa shape index (κ3) is 5.31. The third-order valence-corrected chi connectivity index (χ3v) is 9.03. The standard InChI is InChI=1S/C29H33N3O3S/c1-4-36(34,35)27-12-9-20(10-13-27)19(2)31-29(33)28-14-11-25(18-30-28)32(3)26-16-23(21-5-6-21)15-24(17-26)22-7-8-22/h9-19,21-22H,4-8H2,1-3H3,(H,31,33)/t19-/m0/s1. The molecule has 0 unspecified atom stereocenters. The van der Waals surface area contributed by atoms with E-state index in [1.165, 1.54) is 42.5 Å². The van der Waals surface area contributed by atoms with E-state index in [4.69, 9.17) is 0 Å². The number of rotatable bonds is 9. The Bertz CT molecular complexity index is 1330. The molecule has 7 heteroatoms. The highest BCUT2D eigenvalue weighted by Crippen LogP contribution is 2.46. The van der Waals surface area contributed by atoms with Crippen LogP contribution in [0.1, 0.15) is 84.6 Å². The molecule has 0 spiro atoms. The van der Waals surface area contributed by atoms with Crippen molar-refractivity contribution in [2.75, 3.05) is 17.7 Å². The van der Waals surface area contributed by atoms with Crippen molar-refractivity contribution in [3.63, 3.8) is 0 Å². The first-order chi connectivity index (χ1) is 17.2. The highest BCUT2D eigenvalue weighted by Gasteiger charge is 2.29. The van der Waals surface area contributed by atoms with E-state index in [0.717, 1.165) is 11.3 Å². The predicted octanol–water partition coefficient (Wildman–Crippen LogP) is 5.89. The van der Waals surface area contributed by atoms with Crippen LogP contribution < -0.4 is 10.2 Å². The molecule has 6 nitrogen and oxygen atoms in total. The van der Waals surface area contributed by atoms with Crippen LogP contribution >= 0.6 is 0 Å². The number of nitrogens with one attached hydrogen (secondary N) is 1. The lowest BCUT2D eigenvalue weighted by atomic mass is 10.0. The van der Waals surface area contributed by atoms with Gasteiger partial charge in [-0.15, -0.1) is 0 Å². The second-order valence-corrected chi connectivity index (χ2v) is 12.3. The Labute approximate surface area is 213 Å². The van der Waals surface area contributed by atoms with E-state index >= 15 is 0 Å². The normalized spacial score (nSPS) is 16.4. The van der Waals surface area contributed by atoms with Gasteiger partial charge in [-0.2, -0.15) is 0 Å². The molecule has 36 heavy (non-hydrogen) atoms. The number of pyridine rings is 1.